The molecular weight excluding hydrogens is 534 g/mol. The van der Waals surface area contributed by atoms with Crippen molar-refractivity contribution in [3.63, 3.8) is 0 Å². The molecule has 0 heterocycles. The molecule has 4 rings (SSSR count). The second-order valence-electron chi connectivity index (χ2n) is 11.0. The maximum absolute atomic E-state index is 14.2. The van der Waals surface area contributed by atoms with Gasteiger partial charge in [-0.1, -0.05) is 85.5 Å². The van der Waals surface area contributed by atoms with Crippen LogP contribution in [0.3, 0.4) is 0 Å². The first-order chi connectivity index (χ1) is 19.6. The molecule has 3 aromatic carbocycles. The quantitative estimate of drug-likeness (QED) is 0.325. The summed E-state index contributed by atoms with van der Waals surface area (Å²) in [6.07, 6.45) is 4.61. The summed E-state index contributed by atoms with van der Waals surface area (Å²) in [6.45, 7) is 7.31. The molecule has 1 atom stereocenters. The lowest BCUT2D eigenvalue weighted by molar-refractivity contribution is -0.139. The van der Waals surface area contributed by atoms with Crippen molar-refractivity contribution in [3.05, 3.63) is 95.1 Å². The van der Waals surface area contributed by atoms with Gasteiger partial charge in [-0.2, -0.15) is 0 Å². The van der Waals surface area contributed by atoms with E-state index in [2.05, 4.69) is 5.32 Å². The van der Waals surface area contributed by atoms with Gasteiger partial charge in [-0.05, 0) is 69.4 Å². The third kappa shape index (κ3) is 7.36. The SMILES string of the molecule is CCc1ccccc1N(CC(=O)N(Cc1ccc(C)cc1)[C@H](C)C(=O)NC1CCCC1)S(=O)(=O)c1ccc(C)cc1. The summed E-state index contributed by atoms with van der Waals surface area (Å²) in [4.78, 5) is 29.1. The van der Waals surface area contributed by atoms with Crippen LogP contribution in [0, 0.1) is 13.8 Å². The molecule has 0 unspecified atom stereocenters. The van der Waals surface area contributed by atoms with Crippen LogP contribution in [0.2, 0.25) is 0 Å². The van der Waals surface area contributed by atoms with Gasteiger partial charge in [0.05, 0.1) is 10.6 Å². The Bertz CT molecular complexity index is 1450. The molecule has 7 nitrogen and oxygen atoms in total. The number of rotatable bonds is 11. The number of nitrogens with one attached hydrogen (secondary N) is 1. The Morgan fingerprint density at radius 3 is 2.10 bits per heavy atom. The van der Waals surface area contributed by atoms with Crippen LogP contribution in [0.25, 0.3) is 0 Å². The molecule has 41 heavy (non-hydrogen) atoms. The lowest BCUT2D eigenvalue weighted by Gasteiger charge is -2.33. The van der Waals surface area contributed by atoms with Gasteiger partial charge in [0.25, 0.3) is 10.0 Å². The number of hydrogen-bond donors (Lipinski definition) is 1. The Morgan fingerprint density at radius 2 is 1.49 bits per heavy atom. The molecule has 8 heteroatoms. The first kappa shape index (κ1) is 30.3. The fraction of sp³-hybridized carbons (Fsp3) is 0.394. The summed E-state index contributed by atoms with van der Waals surface area (Å²) >= 11 is 0. The van der Waals surface area contributed by atoms with E-state index in [-0.39, 0.29) is 23.4 Å². The zero-order valence-corrected chi connectivity index (χ0v) is 25.3. The molecule has 1 N–H and O–H groups in total. The third-order valence-electron chi connectivity index (χ3n) is 7.87. The lowest BCUT2D eigenvalue weighted by atomic mass is 10.1. The zero-order valence-electron chi connectivity index (χ0n) is 24.5. The Balaban J connectivity index is 1.71. The van der Waals surface area contributed by atoms with Crippen molar-refractivity contribution in [2.45, 2.75) is 83.3 Å². The normalized spacial score (nSPS) is 14.4. The van der Waals surface area contributed by atoms with Gasteiger partial charge < -0.3 is 10.2 Å². The first-order valence-electron chi connectivity index (χ1n) is 14.4. The highest BCUT2D eigenvalue weighted by atomic mass is 32.2. The van der Waals surface area contributed by atoms with E-state index in [0.717, 1.165) is 47.9 Å². The van der Waals surface area contributed by atoms with Crippen molar-refractivity contribution in [2.24, 2.45) is 0 Å². The molecule has 0 bridgehead atoms. The van der Waals surface area contributed by atoms with Crippen LogP contribution in [0.5, 0.6) is 0 Å². The van der Waals surface area contributed by atoms with Crippen LogP contribution < -0.4 is 9.62 Å². The molecule has 1 fully saturated rings. The number of carbonyl (C=O) groups excluding carboxylic acids is 2. The number of sulfonamides is 1. The molecule has 1 aliphatic rings. The van der Waals surface area contributed by atoms with Gasteiger partial charge in [-0.15, -0.1) is 0 Å². The van der Waals surface area contributed by atoms with Gasteiger partial charge in [0.15, 0.2) is 0 Å². The largest absolute Gasteiger partial charge is 0.352 e. The minimum atomic E-state index is -4.09. The molecular formula is C33H41N3O4S. The standard InChI is InChI=1S/C33H41N3O4S/c1-5-28-10-6-9-13-31(28)36(41(39,40)30-20-16-25(3)17-21-30)23-32(37)35(22-27-18-14-24(2)15-19-27)26(4)33(38)34-29-11-7-8-12-29/h6,9-10,13-21,26,29H,5,7-8,11-12,22-23H2,1-4H3,(H,34,38)/t26-/m1/s1. The van der Waals surface area contributed by atoms with E-state index < -0.39 is 28.5 Å². The molecule has 218 valence electrons. The average Bonchev–Trinajstić information content (AvgIpc) is 3.48. The van der Waals surface area contributed by atoms with Crippen LogP contribution in [-0.4, -0.2) is 43.8 Å². The van der Waals surface area contributed by atoms with Gasteiger partial charge in [-0.3, -0.25) is 13.9 Å². The van der Waals surface area contributed by atoms with Crippen molar-refractivity contribution in [1.29, 1.82) is 0 Å². The lowest BCUT2D eigenvalue weighted by Crippen LogP contribution is -2.52. The molecule has 0 saturated heterocycles. The highest BCUT2D eigenvalue weighted by Gasteiger charge is 2.34. The molecule has 0 spiro atoms. The van der Waals surface area contributed by atoms with E-state index in [1.54, 1.807) is 43.3 Å². The summed E-state index contributed by atoms with van der Waals surface area (Å²) < 4.78 is 29.3. The van der Waals surface area contributed by atoms with Crippen molar-refractivity contribution in [2.75, 3.05) is 10.8 Å². The maximum atomic E-state index is 14.2. The van der Waals surface area contributed by atoms with Crippen LogP contribution in [0.4, 0.5) is 5.69 Å². The number of carbonyl (C=O) groups is 2. The fourth-order valence-electron chi connectivity index (χ4n) is 5.27. The average molecular weight is 576 g/mol. The minimum absolute atomic E-state index is 0.108. The van der Waals surface area contributed by atoms with Gasteiger partial charge in [-0.25, -0.2) is 8.42 Å². The number of aryl methyl sites for hydroxylation is 3. The first-order valence-corrected chi connectivity index (χ1v) is 15.9. The monoisotopic (exact) mass is 575 g/mol. The van der Waals surface area contributed by atoms with Gasteiger partial charge in [0.2, 0.25) is 11.8 Å². The van der Waals surface area contributed by atoms with Gasteiger partial charge in [0, 0.05) is 12.6 Å². The molecule has 1 saturated carbocycles. The van der Waals surface area contributed by atoms with Crippen LogP contribution >= 0.6 is 0 Å². The summed E-state index contributed by atoms with van der Waals surface area (Å²) in [5.41, 5.74) is 4.17. The van der Waals surface area contributed by atoms with E-state index >= 15 is 0 Å². The van der Waals surface area contributed by atoms with Crippen molar-refractivity contribution in [1.82, 2.24) is 10.2 Å². The van der Waals surface area contributed by atoms with E-state index in [1.165, 1.54) is 9.21 Å². The van der Waals surface area contributed by atoms with Crippen molar-refractivity contribution in [3.8, 4) is 0 Å². The summed E-state index contributed by atoms with van der Waals surface area (Å²) in [5.74, 6) is -0.666. The molecule has 3 aromatic rings. The second-order valence-corrected chi connectivity index (χ2v) is 12.8. The zero-order chi connectivity index (χ0) is 29.6. The predicted octanol–water partition coefficient (Wildman–Crippen LogP) is 5.54. The number of nitrogens with zero attached hydrogens (tertiary/aromatic N) is 2. The number of para-hydroxylation sites is 1. The Labute approximate surface area is 244 Å². The number of benzene rings is 3. The van der Waals surface area contributed by atoms with Gasteiger partial charge in [0.1, 0.15) is 12.6 Å². The maximum Gasteiger partial charge on any atom is 0.264 e. The second kappa shape index (κ2) is 13.3. The Morgan fingerprint density at radius 1 is 0.902 bits per heavy atom. The van der Waals surface area contributed by atoms with E-state index in [9.17, 15) is 18.0 Å². The van der Waals surface area contributed by atoms with E-state index in [4.69, 9.17) is 0 Å². The molecule has 2 amide bonds. The van der Waals surface area contributed by atoms with E-state index in [0.29, 0.717) is 12.1 Å². The minimum Gasteiger partial charge on any atom is -0.352 e. The number of hydrogen-bond acceptors (Lipinski definition) is 4. The van der Waals surface area contributed by atoms with Crippen molar-refractivity contribution < 1.29 is 18.0 Å². The number of amides is 2. The summed E-state index contributed by atoms with van der Waals surface area (Å²) in [6, 6.07) is 21.0. The highest BCUT2D eigenvalue weighted by molar-refractivity contribution is 7.92. The topological polar surface area (TPSA) is 86.8 Å². The number of anilines is 1. The van der Waals surface area contributed by atoms with Gasteiger partial charge >= 0.3 is 0 Å². The Hall–Kier alpha value is -3.65. The van der Waals surface area contributed by atoms with Crippen LogP contribution in [0.1, 0.15) is 61.8 Å². The highest BCUT2D eigenvalue weighted by Crippen LogP contribution is 2.28. The van der Waals surface area contributed by atoms with Crippen LogP contribution in [0.15, 0.2) is 77.7 Å². The summed E-state index contributed by atoms with van der Waals surface area (Å²) in [7, 11) is -4.09. The predicted molar refractivity (Wildman–Crippen MR) is 163 cm³/mol. The van der Waals surface area contributed by atoms with Crippen molar-refractivity contribution >= 4 is 27.5 Å². The smallest absolute Gasteiger partial charge is 0.264 e. The molecule has 0 radical (unpaired) electrons. The third-order valence-corrected chi connectivity index (χ3v) is 9.65. The molecule has 1 aliphatic carbocycles. The van der Waals surface area contributed by atoms with E-state index in [1.807, 2.05) is 57.2 Å². The summed E-state index contributed by atoms with van der Waals surface area (Å²) in [5, 5.41) is 3.11. The Kier molecular flexibility index (Phi) is 9.86. The molecule has 0 aliphatic heterocycles. The van der Waals surface area contributed by atoms with Crippen LogP contribution in [-0.2, 0) is 32.6 Å². The fourth-order valence-corrected chi connectivity index (χ4v) is 6.72. The molecule has 0 aromatic heterocycles.